The molecule has 0 spiro atoms. The van der Waals surface area contributed by atoms with Gasteiger partial charge in [-0.25, -0.2) is 0 Å². The van der Waals surface area contributed by atoms with E-state index in [4.69, 9.17) is 0 Å². The summed E-state index contributed by atoms with van der Waals surface area (Å²) in [6, 6.07) is 0. The molecule has 58 valence electrons. The lowest BCUT2D eigenvalue weighted by atomic mass is 10.0. The molecule has 0 heterocycles. The van der Waals surface area contributed by atoms with Crippen molar-refractivity contribution < 1.29 is 5.11 Å². The van der Waals surface area contributed by atoms with Gasteiger partial charge in [0.05, 0.1) is 5.60 Å². The average Bonchev–Trinajstić information content (AvgIpc) is 1.85. The smallest absolute Gasteiger partial charge is 0.0870 e. The molecule has 1 heteroatoms. The van der Waals surface area contributed by atoms with Crippen LogP contribution in [0.5, 0.6) is 0 Å². The van der Waals surface area contributed by atoms with E-state index in [1.165, 1.54) is 0 Å². The zero-order chi connectivity index (χ0) is 8.20. The van der Waals surface area contributed by atoms with Gasteiger partial charge in [-0.2, -0.15) is 0 Å². The molecule has 0 aliphatic rings. The van der Waals surface area contributed by atoms with E-state index in [0.717, 1.165) is 12.0 Å². The van der Waals surface area contributed by atoms with Gasteiger partial charge in [-0.15, -0.1) is 5.73 Å². The van der Waals surface area contributed by atoms with Crippen molar-refractivity contribution in [1.29, 1.82) is 0 Å². The number of hydrogen-bond donors (Lipinski definition) is 1. The molecule has 1 unspecified atom stereocenters. The summed E-state index contributed by atoms with van der Waals surface area (Å²) < 4.78 is 0. The monoisotopic (exact) mass is 140 g/mol. The Labute approximate surface area is 63.1 Å². The lowest BCUT2D eigenvalue weighted by molar-refractivity contribution is 0.108. The van der Waals surface area contributed by atoms with Crippen LogP contribution in [0.1, 0.15) is 34.1 Å². The van der Waals surface area contributed by atoms with Gasteiger partial charge in [0.1, 0.15) is 0 Å². The van der Waals surface area contributed by atoms with Gasteiger partial charge < -0.3 is 5.11 Å². The third kappa shape index (κ3) is 4.37. The number of aliphatic hydroxyl groups is 1. The van der Waals surface area contributed by atoms with E-state index in [9.17, 15) is 5.11 Å². The molecule has 10 heavy (non-hydrogen) atoms. The molecule has 1 N–H and O–H groups in total. The molecule has 0 amide bonds. The highest BCUT2D eigenvalue weighted by atomic mass is 16.3. The van der Waals surface area contributed by atoms with Crippen molar-refractivity contribution in [3.63, 3.8) is 0 Å². The molecule has 0 bridgehead atoms. The van der Waals surface area contributed by atoms with Crippen LogP contribution in [0.25, 0.3) is 0 Å². The Hall–Kier alpha value is -0.520. The first-order valence-corrected chi connectivity index (χ1v) is 3.61. The molecule has 0 radical (unpaired) electrons. The van der Waals surface area contributed by atoms with Gasteiger partial charge in [0.15, 0.2) is 0 Å². The van der Waals surface area contributed by atoms with E-state index in [0.29, 0.717) is 0 Å². The van der Waals surface area contributed by atoms with Crippen molar-refractivity contribution in [3.05, 3.63) is 17.4 Å². The van der Waals surface area contributed by atoms with Gasteiger partial charge in [0.25, 0.3) is 0 Å². The Morgan fingerprint density at radius 3 is 2.40 bits per heavy atom. The van der Waals surface area contributed by atoms with Crippen LogP contribution in [0.3, 0.4) is 0 Å². The molecule has 0 aliphatic heterocycles. The molecule has 0 aliphatic carbocycles. The first-order valence-electron chi connectivity index (χ1n) is 3.61. The maximum atomic E-state index is 9.44. The predicted molar refractivity (Wildman–Crippen MR) is 43.9 cm³/mol. The van der Waals surface area contributed by atoms with Crippen molar-refractivity contribution in [1.82, 2.24) is 0 Å². The van der Waals surface area contributed by atoms with Gasteiger partial charge in [0, 0.05) is 0 Å². The Kier molecular flexibility index (Phi) is 3.41. The van der Waals surface area contributed by atoms with Crippen LogP contribution in [0.2, 0.25) is 0 Å². The molecular formula is C9H16O. The summed E-state index contributed by atoms with van der Waals surface area (Å²) in [5.41, 5.74) is 3.39. The molecule has 0 aromatic carbocycles. The van der Waals surface area contributed by atoms with Crippen LogP contribution in [0.4, 0.5) is 0 Å². The van der Waals surface area contributed by atoms with Crippen molar-refractivity contribution >= 4 is 0 Å². The normalized spacial score (nSPS) is 15.3. The highest BCUT2D eigenvalue weighted by Crippen LogP contribution is 2.08. The highest BCUT2D eigenvalue weighted by molar-refractivity contribution is 5.01. The number of hydrogen-bond acceptors (Lipinski definition) is 1. The number of rotatable bonds is 2. The molecule has 1 nitrogen and oxygen atoms in total. The molecule has 0 rings (SSSR count). The molecule has 1 atom stereocenters. The average molecular weight is 140 g/mol. The van der Waals surface area contributed by atoms with E-state index >= 15 is 0 Å². The zero-order valence-corrected chi connectivity index (χ0v) is 7.23. The van der Waals surface area contributed by atoms with Crippen molar-refractivity contribution in [2.75, 3.05) is 0 Å². The second kappa shape index (κ2) is 3.60. The molecule has 0 saturated heterocycles. The second-order valence-corrected chi connectivity index (χ2v) is 3.00. The van der Waals surface area contributed by atoms with Crippen molar-refractivity contribution in [2.24, 2.45) is 0 Å². The Bertz CT molecular complexity index is 156. The molecule has 0 fully saturated rings. The van der Waals surface area contributed by atoms with Crippen molar-refractivity contribution in [2.45, 2.75) is 39.7 Å². The lowest BCUT2D eigenvalue weighted by Crippen LogP contribution is -2.17. The van der Waals surface area contributed by atoms with Gasteiger partial charge >= 0.3 is 0 Å². The Morgan fingerprint density at radius 1 is 1.60 bits per heavy atom. The van der Waals surface area contributed by atoms with Crippen LogP contribution < -0.4 is 0 Å². The Morgan fingerprint density at radius 2 is 2.10 bits per heavy atom. The fourth-order valence-corrected chi connectivity index (χ4v) is 0.402. The summed E-state index contributed by atoms with van der Waals surface area (Å²) in [6.07, 6.45) is 2.44. The maximum absolute atomic E-state index is 9.44. The highest BCUT2D eigenvalue weighted by Gasteiger charge is 2.11. The third-order valence-electron chi connectivity index (χ3n) is 1.39. The summed E-state index contributed by atoms with van der Waals surface area (Å²) in [6.45, 7) is 7.65. The van der Waals surface area contributed by atoms with E-state index in [1.54, 1.807) is 13.0 Å². The summed E-state index contributed by atoms with van der Waals surface area (Å²) in [5, 5.41) is 9.44. The first-order chi connectivity index (χ1) is 4.48. The quantitative estimate of drug-likeness (QED) is 0.583. The van der Waals surface area contributed by atoms with E-state index in [-0.39, 0.29) is 0 Å². The van der Waals surface area contributed by atoms with Gasteiger partial charge in [-0.3, -0.25) is 0 Å². The van der Waals surface area contributed by atoms with Crippen LogP contribution >= 0.6 is 0 Å². The zero-order valence-electron chi connectivity index (χ0n) is 7.23. The SMILES string of the molecule is CCC(C)(O)C=C=C(C)C. The Balaban J connectivity index is 4.27. The minimum atomic E-state index is -0.683. The molecule has 0 aromatic rings. The van der Waals surface area contributed by atoms with Crippen LogP contribution in [-0.2, 0) is 0 Å². The largest absolute Gasteiger partial charge is 0.385 e. The molecule has 0 saturated carbocycles. The molecule has 0 aromatic heterocycles. The summed E-state index contributed by atoms with van der Waals surface area (Å²) in [4.78, 5) is 0. The fraction of sp³-hybridized carbons (Fsp3) is 0.667. The summed E-state index contributed by atoms with van der Waals surface area (Å²) >= 11 is 0. The lowest BCUT2D eigenvalue weighted by Gasteiger charge is -2.13. The minimum absolute atomic E-state index is 0.683. The standard InChI is InChI=1S/C9H16O/c1-5-9(4,10)7-6-8(2)3/h7,10H,5H2,1-4H3. The van der Waals surface area contributed by atoms with Crippen molar-refractivity contribution in [3.8, 4) is 0 Å². The summed E-state index contributed by atoms with van der Waals surface area (Å²) in [7, 11) is 0. The third-order valence-corrected chi connectivity index (χ3v) is 1.39. The van der Waals surface area contributed by atoms with E-state index < -0.39 is 5.60 Å². The van der Waals surface area contributed by atoms with E-state index in [1.807, 2.05) is 20.8 Å². The molecular weight excluding hydrogens is 124 g/mol. The van der Waals surface area contributed by atoms with Crippen LogP contribution in [0, 0.1) is 0 Å². The van der Waals surface area contributed by atoms with Gasteiger partial charge in [-0.1, -0.05) is 6.92 Å². The second-order valence-electron chi connectivity index (χ2n) is 3.00. The van der Waals surface area contributed by atoms with E-state index in [2.05, 4.69) is 5.73 Å². The fourth-order valence-electron chi connectivity index (χ4n) is 0.402. The van der Waals surface area contributed by atoms with Gasteiger partial charge in [-0.05, 0) is 38.8 Å². The predicted octanol–water partition coefficient (Wildman–Crippen LogP) is 2.27. The first kappa shape index (κ1) is 9.48. The van der Waals surface area contributed by atoms with Crippen LogP contribution in [-0.4, -0.2) is 10.7 Å². The maximum Gasteiger partial charge on any atom is 0.0870 e. The minimum Gasteiger partial charge on any atom is -0.385 e. The van der Waals surface area contributed by atoms with Crippen LogP contribution in [0.15, 0.2) is 17.4 Å². The topological polar surface area (TPSA) is 20.2 Å². The summed E-state index contributed by atoms with van der Waals surface area (Å²) in [5.74, 6) is 0. The van der Waals surface area contributed by atoms with Gasteiger partial charge in [0.2, 0.25) is 0 Å².